The summed E-state index contributed by atoms with van der Waals surface area (Å²) in [6, 6.07) is 20.4. The summed E-state index contributed by atoms with van der Waals surface area (Å²) in [6.45, 7) is 0.834. The number of hydrogen-bond acceptors (Lipinski definition) is 5. The summed E-state index contributed by atoms with van der Waals surface area (Å²) < 4.78 is 20.1. The molecule has 0 unspecified atom stereocenters. The number of carbonyl (C=O) groups is 1. The minimum absolute atomic E-state index is 0.0679. The van der Waals surface area contributed by atoms with Gasteiger partial charge < -0.3 is 10.1 Å². The van der Waals surface area contributed by atoms with Crippen LogP contribution in [0.15, 0.2) is 82.7 Å². The van der Waals surface area contributed by atoms with Crippen LogP contribution in [0.25, 0.3) is 16.6 Å². The van der Waals surface area contributed by atoms with Crippen LogP contribution in [0.4, 0.5) is 4.39 Å². The van der Waals surface area contributed by atoms with Crippen LogP contribution in [0.3, 0.4) is 0 Å². The van der Waals surface area contributed by atoms with Crippen LogP contribution >= 0.6 is 11.8 Å². The molecule has 1 aromatic heterocycles. The van der Waals surface area contributed by atoms with E-state index >= 15 is 0 Å². The Morgan fingerprint density at radius 1 is 1.03 bits per heavy atom. The first-order valence-corrected chi connectivity index (χ1v) is 11.3. The highest BCUT2D eigenvalue weighted by Gasteiger charge is 2.15. The molecular weight excluding hydrogens is 441 g/mol. The van der Waals surface area contributed by atoms with Crippen molar-refractivity contribution in [2.75, 3.05) is 12.9 Å². The quantitative estimate of drug-likeness (QED) is 0.315. The fourth-order valence-corrected chi connectivity index (χ4v) is 4.27. The van der Waals surface area contributed by atoms with Gasteiger partial charge in [0.05, 0.1) is 29.0 Å². The Balaban J connectivity index is 1.56. The van der Waals surface area contributed by atoms with E-state index in [4.69, 9.17) is 4.74 Å². The van der Waals surface area contributed by atoms with Gasteiger partial charge in [0.15, 0.2) is 5.16 Å². The number of amides is 1. The van der Waals surface area contributed by atoms with Gasteiger partial charge in [-0.15, -0.1) is 0 Å². The number of nitrogens with one attached hydrogen (secondary N) is 1. The molecule has 0 fully saturated rings. The number of halogens is 1. The number of fused-ring (bicyclic) bond motifs is 1. The molecule has 33 heavy (non-hydrogen) atoms. The number of thioether (sulfide) groups is 1. The number of carbonyl (C=O) groups excluding carboxylic acids is 1. The van der Waals surface area contributed by atoms with Crippen molar-refractivity contribution in [3.05, 3.63) is 100 Å². The Morgan fingerprint density at radius 3 is 2.48 bits per heavy atom. The molecule has 0 aliphatic heterocycles. The van der Waals surface area contributed by atoms with Crippen molar-refractivity contribution in [3.8, 4) is 5.69 Å². The second-order valence-corrected chi connectivity index (χ2v) is 8.24. The SMILES string of the molecule is COCc1ccccc1CNC(=O)CSc1nc2ccccc2c(=O)n1-c1ccc(F)cc1. The zero-order valence-electron chi connectivity index (χ0n) is 18.0. The highest BCUT2D eigenvalue weighted by molar-refractivity contribution is 7.99. The van der Waals surface area contributed by atoms with Crippen molar-refractivity contribution >= 4 is 28.6 Å². The highest BCUT2D eigenvalue weighted by Crippen LogP contribution is 2.21. The van der Waals surface area contributed by atoms with Crippen LogP contribution in [-0.2, 0) is 22.7 Å². The predicted octanol–water partition coefficient (Wildman–Crippen LogP) is 4.08. The number of methoxy groups -OCH3 is 1. The molecule has 0 saturated heterocycles. The van der Waals surface area contributed by atoms with Gasteiger partial charge in [0.1, 0.15) is 5.82 Å². The first-order valence-electron chi connectivity index (χ1n) is 10.3. The minimum Gasteiger partial charge on any atom is -0.380 e. The van der Waals surface area contributed by atoms with Crippen LogP contribution in [0.2, 0.25) is 0 Å². The molecule has 0 bridgehead atoms. The topological polar surface area (TPSA) is 73.2 Å². The summed E-state index contributed by atoms with van der Waals surface area (Å²) in [5.74, 6) is -0.526. The summed E-state index contributed by atoms with van der Waals surface area (Å²) in [5, 5.41) is 3.72. The number of nitrogens with zero attached hydrogens (tertiary/aromatic N) is 2. The molecule has 0 aliphatic carbocycles. The fourth-order valence-electron chi connectivity index (χ4n) is 3.43. The zero-order valence-corrected chi connectivity index (χ0v) is 18.8. The van der Waals surface area contributed by atoms with Crippen LogP contribution in [0, 0.1) is 5.82 Å². The molecular formula is C25H22FN3O3S. The van der Waals surface area contributed by atoms with E-state index in [-0.39, 0.29) is 17.2 Å². The van der Waals surface area contributed by atoms with Crippen molar-refractivity contribution in [2.45, 2.75) is 18.3 Å². The Morgan fingerprint density at radius 2 is 1.73 bits per heavy atom. The average Bonchev–Trinajstić information content (AvgIpc) is 2.83. The fraction of sp³-hybridized carbons (Fsp3) is 0.160. The van der Waals surface area contributed by atoms with Gasteiger partial charge in [0.25, 0.3) is 5.56 Å². The van der Waals surface area contributed by atoms with E-state index in [1.165, 1.54) is 28.8 Å². The minimum atomic E-state index is -0.400. The molecule has 1 N–H and O–H groups in total. The number of benzene rings is 3. The maximum atomic E-state index is 13.4. The van der Waals surface area contributed by atoms with Gasteiger partial charge in [-0.1, -0.05) is 48.2 Å². The van der Waals surface area contributed by atoms with E-state index in [1.54, 1.807) is 31.4 Å². The van der Waals surface area contributed by atoms with Crippen molar-refractivity contribution in [3.63, 3.8) is 0 Å². The Kier molecular flexibility index (Phi) is 7.16. The molecule has 8 heteroatoms. The van der Waals surface area contributed by atoms with Gasteiger partial charge >= 0.3 is 0 Å². The van der Waals surface area contributed by atoms with Crippen LogP contribution in [-0.4, -0.2) is 28.3 Å². The number of ether oxygens (including phenoxy) is 1. The lowest BCUT2D eigenvalue weighted by molar-refractivity contribution is -0.118. The molecule has 0 saturated carbocycles. The van der Waals surface area contributed by atoms with Gasteiger partial charge in [-0.25, -0.2) is 9.37 Å². The third-order valence-electron chi connectivity index (χ3n) is 5.06. The Labute approximate surface area is 194 Å². The second-order valence-electron chi connectivity index (χ2n) is 7.30. The molecule has 4 aromatic rings. The zero-order chi connectivity index (χ0) is 23.2. The molecule has 3 aromatic carbocycles. The van der Waals surface area contributed by atoms with Crippen LogP contribution in [0.5, 0.6) is 0 Å². The van der Waals surface area contributed by atoms with Crippen molar-refractivity contribution in [1.82, 2.24) is 14.9 Å². The van der Waals surface area contributed by atoms with E-state index in [1.807, 2.05) is 24.3 Å². The summed E-state index contributed by atoms with van der Waals surface area (Å²) >= 11 is 1.15. The van der Waals surface area contributed by atoms with Crippen LogP contribution < -0.4 is 10.9 Å². The highest BCUT2D eigenvalue weighted by atomic mass is 32.2. The lowest BCUT2D eigenvalue weighted by atomic mass is 10.1. The first kappa shape index (κ1) is 22.7. The summed E-state index contributed by atoms with van der Waals surface area (Å²) in [5.41, 5.74) is 2.73. The van der Waals surface area contributed by atoms with Gasteiger partial charge in [-0.3, -0.25) is 14.2 Å². The van der Waals surface area contributed by atoms with E-state index in [0.717, 1.165) is 22.9 Å². The number of aromatic nitrogens is 2. The number of rotatable bonds is 8. The second kappa shape index (κ2) is 10.4. The molecule has 0 spiro atoms. The largest absolute Gasteiger partial charge is 0.380 e. The average molecular weight is 464 g/mol. The van der Waals surface area contributed by atoms with Crippen molar-refractivity contribution in [2.24, 2.45) is 0 Å². The number of hydrogen-bond donors (Lipinski definition) is 1. The smallest absolute Gasteiger partial charge is 0.266 e. The lowest BCUT2D eigenvalue weighted by Crippen LogP contribution is -2.26. The summed E-state index contributed by atoms with van der Waals surface area (Å²) in [4.78, 5) is 30.4. The monoisotopic (exact) mass is 463 g/mol. The maximum absolute atomic E-state index is 13.4. The van der Waals surface area contributed by atoms with Gasteiger partial charge in [0.2, 0.25) is 5.91 Å². The Hall–Kier alpha value is -3.49. The molecule has 0 aliphatic rings. The van der Waals surface area contributed by atoms with E-state index < -0.39 is 5.82 Å². The van der Waals surface area contributed by atoms with E-state index in [9.17, 15) is 14.0 Å². The molecule has 168 valence electrons. The first-order chi connectivity index (χ1) is 16.1. The van der Waals surface area contributed by atoms with Crippen molar-refractivity contribution < 1.29 is 13.9 Å². The van der Waals surface area contributed by atoms with Gasteiger partial charge in [0, 0.05) is 13.7 Å². The van der Waals surface area contributed by atoms with Crippen LogP contribution in [0.1, 0.15) is 11.1 Å². The van der Waals surface area contributed by atoms with Gasteiger partial charge in [-0.05, 0) is 47.5 Å². The predicted molar refractivity (Wildman–Crippen MR) is 127 cm³/mol. The molecule has 0 atom stereocenters. The standard InChI is InChI=1S/C25H22FN3O3S/c1-32-15-18-7-3-2-6-17(18)14-27-23(30)16-33-25-28-22-9-5-4-8-21(22)24(31)29(25)20-12-10-19(26)11-13-20/h2-13H,14-16H2,1H3,(H,27,30). The molecule has 1 heterocycles. The number of para-hydroxylation sites is 1. The third-order valence-corrected chi connectivity index (χ3v) is 5.99. The van der Waals surface area contributed by atoms with Crippen molar-refractivity contribution in [1.29, 1.82) is 0 Å². The third kappa shape index (κ3) is 5.30. The van der Waals surface area contributed by atoms with E-state index in [2.05, 4.69) is 10.3 Å². The maximum Gasteiger partial charge on any atom is 0.266 e. The molecule has 1 amide bonds. The Bertz CT molecular complexity index is 1340. The normalized spacial score (nSPS) is 11.0. The molecule has 4 rings (SSSR count). The van der Waals surface area contributed by atoms with Gasteiger partial charge in [-0.2, -0.15) is 0 Å². The molecule has 0 radical (unpaired) electrons. The molecule has 6 nitrogen and oxygen atoms in total. The van der Waals surface area contributed by atoms with E-state index in [0.29, 0.717) is 34.9 Å². The lowest BCUT2D eigenvalue weighted by Gasteiger charge is -2.13. The summed E-state index contributed by atoms with van der Waals surface area (Å²) in [7, 11) is 1.63. The summed E-state index contributed by atoms with van der Waals surface area (Å²) in [6.07, 6.45) is 0.